The summed E-state index contributed by atoms with van der Waals surface area (Å²) in [6.07, 6.45) is 3.77. The molecule has 0 aromatic heterocycles. The maximum Gasteiger partial charge on any atom is 0.260 e. The van der Waals surface area contributed by atoms with Crippen molar-refractivity contribution in [2.75, 3.05) is 0 Å². The summed E-state index contributed by atoms with van der Waals surface area (Å²) in [7, 11) is 0. The van der Waals surface area contributed by atoms with Crippen molar-refractivity contribution >= 4 is 17.6 Å². The monoisotopic (exact) mass is 424 g/mol. The predicted molar refractivity (Wildman–Crippen MR) is 137 cm³/mol. The lowest BCUT2D eigenvalue weighted by Gasteiger charge is -2.34. The van der Waals surface area contributed by atoms with Gasteiger partial charge in [0.25, 0.3) is 6.71 Å². The third-order valence-corrected chi connectivity index (χ3v) is 6.31. The molecule has 4 aromatic carbocycles. The van der Waals surface area contributed by atoms with E-state index in [-0.39, 0.29) is 6.71 Å². The van der Waals surface area contributed by atoms with Gasteiger partial charge in [-0.2, -0.15) is 0 Å². The van der Waals surface area contributed by atoms with Crippen LogP contribution >= 0.6 is 0 Å². The van der Waals surface area contributed by atoms with Gasteiger partial charge in [0.1, 0.15) is 23.0 Å². The standard InChI is InChI=1S/C30H21BO2/c1-3-10-25-20(2)32-28-18-24(23-14-9-13-22(17-23)21-11-5-4-6-12-21)19-29-30(28)31(25)26-15-7-8-16-27(26)33-29/h3-19H,1-2H2/b25-10+. The molecule has 3 heteroatoms. The molecule has 2 aliphatic heterocycles. The molecule has 4 aromatic rings. The fraction of sp³-hybridized carbons (Fsp3) is 0. The minimum Gasteiger partial charge on any atom is -0.459 e. The van der Waals surface area contributed by atoms with Gasteiger partial charge in [0, 0.05) is 5.46 Å². The molecule has 0 unspecified atom stereocenters. The van der Waals surface area contributed by atoms with E-state index in [0.29, 0.717) is 5.76 Å². The van der Waals surface area contributed by atoms with Crippen molar-refractivity contribution in [3.05, 3.63) is 128 Å². The Morgan fingerprint density at radius 3 is 2.09 bits per heavy atom. The first-order valence-electron chi connectivity index (χ1n) is 11.0. The van der Waals surface area contributed by atoms with Crippen molar-refractivity contribution in [3.63, 3.8) is 0 Å². The van der Waals surface area contributed by atoms with Crippen LogP contribution in [0.1, 0.15) is 0 Å². The van der Waals surface area contributed by atoms with Gasteiger partial charge in [-0.05, 0) is 57.5 Å². The van der Waals surface area contributed by atoms with Crippen LogP contribution < -0.4 is 20.4 Å². The van der Waals surface area contributed by atoms with Gasteiger partial charge in [-0.3, -0.25) is 0 Å². The lowest BCUT2D eigenvalue weighted by atomic mass is 9.34. The summed E-state index contributed by atoms with van der Waals surface area (Å²) in [6.45, 7) is 8.11. The average molecular weight is 424 g/mol. The molecule has 0 fully saturated rings. The summed E-state index contributed by atoms with van der Waals surface area (Å²) in [5.74, 6) is 3.11. The lowest BCUT2D eigenvalue weighted by molar-refractivity contribution is 0.433. The number of benzene rings is 4. The fourth-order valence-corrected chi connectivity index (χ4v) is 4.81. The van der Waals surface area contributed by atoms with Crippen LogP contribution in [-0.4, -0.2) is 6.71 Å². The smallest absolute Gasteiger partial charge is 0.260 e. The van der Waals surface area contributed by atoms with Crippen LogP contribution in [0.4, 0.5) is 0 Å². The number of fused-ring (bicyclic) bond motifs is 2. The molecule has 0 aliphatic carbocycles. The quantitative estimate of drug-likeness (QED) is 0.360. The number of hydrogen-bond donors (Lipinski definition) is 0. The minimum atomic E-state index is 0.00361. The third kappa shape index (κ3) is 3.21. The minimum absolute atomic E-state index is 0.00361. The first-order chi connectivity index (χ1) is 16.2. The fourth-order valence-electron chi connectivity index (χ4n) is 4.81. The molecule has 0 saturated heterocycles. The second-order valence-corrected chi connectivity index (χ2v) is 8.29. The number of allylic oxidation sites excluding steroid dienone is 3. The van der Waals surface area contributed by atoms with Gasteiger partial charge < -0.3 is 9.47 Å². The first kappa shape index (κ1) is 19.5. The maximum atomic E-state index is 6.40. The Hall–Kier alpha value is -4.24. The zero-order chi connectivity index (χ0) is 22.4. The molecule has 0 spiro atoms. The molecule has 0 bridgehead atoms. The summed E-state index contributed by atoms with van der Waals surface area (Å²) in [4.78, 5) is 0. The van der Waals surface area contributed by atoms with Crippen molar-refractivity contribution in [3.8, 4) is 39.5 Å². The van der Waals surface area contributed by atoms with Crippen molar-refractivity contribution in [1.29, 1.82) is 0 Å². The highest BCUT2D eigenvalue weighted by atomic mass is 16.5. The van der Waals surface area contributed by atoms with Crippen LogP contribution in [-0.2, 0) is 0 Å². The summed E-state index contributed by atoms with van der Waals surface area (Å²) in [5.41, 5.74) is 7.67. The molecule has 33 heavy (non-hydrogen) atoms. The van der Waals surface area contributed by atoms with Gasteiger partial charge in [-0.1, -0.05) is 92.0 Å². The Morgan fingerprint density at radius 1 is 0.636 bits per heavy atom. The largest absolute Gasteiger partial charge is 0.459 e. The van der Waals surface area contributed by atoms with E-state index in [1.54, 1.807) is 6.08 Å². The van der Waals surface area contributed by atoms with Crippen molar-refractivity contribution in [2.45, 2.75) is 0 Å². The third-order valence-electron chi connectivity index (χ3n) is 6.31. The molecule has 2 aliphatic rings. The van der Waals surface area contributed by atoms with E-state index in [4.69, 9.17) is 9.47 Å². The highest BCUT2D eigenvalue weighted by Crippen LogP contribution is 2.39. The zero-order valence-corrected chi connectivity index (χ0v) is 18.1. The van der Waals surface area contributed by atoms with Crippen LogP contribution in [0.3, 0.4) is 0 Å². The van der Waals surface area contributed by atoms with Gasteiger partial charge in [-0.15, -0.1) is 0 Å². The van der Waals surface area contributed by atoms with Gasteiger partial charge in [0.05, 0.1) is 0 Å². The molecule has 0 N–H and O–H groups in total. The van der Waals surface area contributed by atoms with E-state index >= 15 is 0 Å². The van der Waals surface area contributed by atoms with E-state index in [0.717, 1.165) is 44.8 Å². The van der Waals surface area contributed by atoms with Gasteiger partial charge >= 0.3 is 0 Å². The number of hydrogen-bond acceptors (Lipinski definition) is 2. The SMILES string of the molecule is C=C/C=C1/B2c3ccccc3Oc3cc(-c4cccc(-c5ccccc5)c4)cc(c32)OC1=C. The van der Waals surface area contributed by atoms with Crippen molar-refractivity contribution in [1.82, 2.24) is 0 Å². The van der Waals surface area contributed by atoms with Crippen LogP contribution in [0.5, 0.6) is 17.2 Å². The van der Waals surface area contributed by atoms with E-state index in [1.165, 1.54) is 11.1 Å². The second kappa shape index (κ2) is 7.72. The topological polar surface area (TPSA) is 18.5 Å². The molecule has 0 saturated carbocycles. The van der Waals surface area contributed by atoms with Gasteiger partial charge in [0.15, 0.2) is 0 Å². The summed E-state index contributed by atoms with van der Waals surface area (Å²) >= 11 is 0. The number of rotatable bonds is 3. The Kier molecular flexibility index (Phi) is 4.55. The molecule has 2 heterocycles. The van der Waals surface area contributed by atoms with Crippen LogP contribution in [0, 0.1) is 0 Å². The first-order valence-corrected chi connectivity index (χ1v) is 11.0. The number of para-hydroxylation sites is 1. The van der Waals surface area contributed by atoms with E-state index in [2.05, 4.69) is 79.9 Å². The Bertz CT molecular complexity index is 1450. The Labute approximate surface area is 194 Å². The Balaban J connectivity index is 1.53. The van der Waals surface area contributed by atoms with Crippen LogP contribution in [0.25, 0.3) is 22.3 Å². The Morgan fingerprint density at radius 2 is 1.30 bits per heavy atom. The summed E-state index contributed by atoms with van der Waals surface area (Å²) < 4.78 is 12.6. The molecule has 156 valence electrons. The molecule has 0 atom stereocenters. The normalized spacial score (nSPS) is 14.7. The molecule has 6 rings (SSSR count). The molecule has 2 nitrogen and oxygen atoms in total. The van der Waals surface area contributed by atoms with Gasteiger partial charge in [-0.25, -0.2) is 0 Å². The number of ether oxygens (including phenoxy) is 2. The van der Waals surface area contributed by atoms with E-state index in [1.807, 2.05) is 30.3 Å². The molecule has 0 amide bonds. The molecule has 0 radical (unpaired) electrons. The van der Waals surface area contributed by atoms with E-state index in [9.17, 15) is 0 Å². The van der Waals surface area contributed by atoms with Crippen molar-refractivity contribution in [2.24, 2.45) is 0 Å². The van der Waals surface area contributed by atoms with Gasteiger partial charge in [0.2, 0.25) is 0 Å². The van der Waals surface area contributed by atoms with Crippen LogP contribution in [0.15, 0.2) is 128 Å². The second-order valence-electron chi connectivity index (χ2n) is 8.29. The lowest BCUT2D eigenvalue weighted by Crippen LogP contribution is -2.51. The predicted octanol–water partition coefficient (Wildman–Crippen LogP) is 6.29. The zero-order valence-electron chi connectivity index (χ0n) is 18.1. The molecular weight excluding hydrogens is 403 g/mol. The molecular formula is C30H21BO2. The highest BCUT2D eigenvalue weighted by molar-refractivity contribution is 6.94. The average Bonchev–Trinajstić information content (AvgIpc) is 2.86. The van der Waals surface area contributed by atoms with Crippen molar-refractivity contribution < 1.29 is 9.47 Å². The van der Waals surface area contributed by atoms with Crippen LogP contribution in [0.2, 0.25) is 0 Å². The van der Waals surface area contributed by atoms with E-state index < -0.39 is 0 Å². The highest BCUT2D eigenvalue weighted by Gasteiger charge is 2.41. The summed E-state index contributed by atoms with van der Waals surface area (Å²) in [5, 5.41) is 0. The maximum absolute atomic E-state index is 6.40. The summed E-state index contributed by atoms with van der Waals surface area (Å²) in [6, 6.07) is 31.4.